The number of benzene rings is 1. The van der Waals surface area contributed by atoms with Crippen molar-refractivity contribution in [3.05, 3.63) is 53.2 Å². The molecular formula is C18H17F2N5O2. The van der Waals surface area contributed by atoms with Gasteiger partial charge in [-0.3, -0.25) is 4.79 Å². The van der Waals surface area contributed by atoms with Crippen molar-refractivity contribution in [3.8, 4) is 6.07 Å². The van der Waals surface area contributed by atoms with E-state index in [0.29, 0.717) is 17.9 Å². The molecule has 0 spiro atoms. The van der Waals surface area contributed by atoms with Gasteiger partial charge in [-0.05, 0) is 17.7 Å². The molecule has 0 unspecified atom stereocenters. The number of aliphatic hydroxyl groups excluding tert-OH is 1. The van der Waals surface area contributed by atoms with Gasteiger partial charge < -0.3 is 15.3 Å². The Morgan fingerprint density at radius 3 is 2.59 bits per heavy atom. The summed E-state index contributed by atoms with van der Waals surface area (Å²) in [6.45, 7) is 0.617. The van der Waals surface area contributed by atoms with Crippen LogP contribution in [0.25, 0.3) is 0 Å². The molecule has 1 aliphatic heterocycles. The van der Waals surface area contributed by atoms with E-state index in [9.17, 15) is 18.7 Å². The summed E-state index contributed by atoms with van der Waals surface area (Å²) in [5, 5.41) is 29.4. The van der Waals surface area contributed by atoms with Crippen molar-refractivity contribution in [1.82, 2.24) is 15.5 Å². The van der Waals surface area contributed by atoms with E-state index in [4.69, 9.17) is 5.26 Å². The molecule has 0 aliphatic carbocycles. The quantitative estimate of drug-likeness (QED) is 0.816. The predicted octanol–water partition coefficient (Wildman–Crippen LogP) is 1.19. The SMILES string of the molecule is N#Cc1ccc(N2C[C@H](NC(=O)Cc3ccc(C(F)F)cc3)[C@@H](O)C2)nn1. The molecule has 7 nitrogen and oxygen atoms in total. The van der Waals surface area contributed by atoms with Gasteiger partial charge in [0.1, 0.15) is 6.07 Å². The average Bonchev–Trinajstić information content (AvgIpc) is 3.02. The largest absolute Gasteiger partial charge is 0.389 e. The number of nitrogens with one attached hydrogen (secondary N) is 1. The number of carbonyl (C=O) groups is 1. The lowest BCUT2D eigenvalue weighted by Crippen LogP contribution is -2.43. The van der Waals surface area contributed by atoms with Gasteiger partial charge in [0.2, 0.25) is 5.91 Å². The number of anilines is 1. The van der Waals surface area contributed by atoms with Crippen LogP contribution in [0.4, 0.5) is 14.6 Å². The second-order valence-electron chi connectivity index (χ2n) is 6.25. The third kappa shape index (κ3) is 4.54. The number of nitriles is 1. The summed E-state index contributed by atoms with van der Waals surface area (Å²) < 4.78 is 25.1. The smallest absolute Gasteiger partial charge is 0.263 e. The number of β-amino-alcohol motifs (C(OH)–C–C–N with tert-alkyl or cyclic N) is 1. The number of halogens is 2. The van der Waals surface area contributed by atoms with Gasteiger partial charge in [-0.1, -0.05) is 24.3 Å². The van der Waals surface area contributed by atoms with E-state index in [2.05, 4.69) is 15.5 Å². The average molecular weight is 373 g/mol. The molecule has 1 saturated heterocycles. The van der Waals surface area contributed by atoms with E-state index in [1.54, 1.807) is 11.0 Å². The number of nitrogens with zero attached hydrogens (tertiary/aromatic N) is 4. The number of aliphatic hydroxyl groups is 1. The van der Waals surface area contributed by atoms with Crippen LogP contribution in [0.5, 0.6) is 0 Å². The van der Waals surface area contributed by atoms with Gasteiger partial charge in [0.15, 0.2) is 11.5 Å². The van der Waals surface area contributed by atoms with Crippen molar-refractivity contribution in [2.45, 2.75) is 25.0 Å². The minimum Gasteiger partial charge on any atom is -0.389 e. The number of carbonyl (C=O) groups excluding carboxylic acids is 1. The molecule has 140 valence electrons. The van der Waals surface area contributed by atoms with Gasteiger partial charge in [0, 0.05) is 18.7 Å². The van der Waals surface area contributed by atoms with E-state index in [0.717, 1.165) is 0 Å². The first-order chi connectivity index (χ1) is 13.0. The zero-order chi connectivity index (χ0) is 19.4. The molecule has 1 fully saturated rings. The molecule has 1 aromatic heterocycles. The lowest BCUT2D eigenvalue weighted by molar-refractivity contribution is -0.121. The van der Waals surface area contributed by atoms with Crippen LogP contribution in [0, 0.1) is 11.3 Å². The van der Waals surface area contributed by atoms with Crippen LogP contribution in [0.1, 0.15) is 23.2 Å². The second kappa shape index (κ2) is 8.05. The minimum atomic E-state index is -2.54. The van der Waals surface area contributed by atoms with Crippen molar-refractivity contribution in [3.63, 3.8) is 0 Å². The van der Waals surface area contributed by atoms with E-state index in [1.807, 2.05) is 6.07 Å². The third-order valence-corrected chi connectivity index (χ3v) is 4.32. The number of aromatic nitrogens is 2. The van der Waals surface area contributed by atoms with E-state index in [-0.39, 0.29) is 30.1 Å². The lowest BCUT2D eigenvalue weighted by atomic mass is 10.1. The summed E-state index contributed by atoms with van der Waals surface area (Å²) in [7, 11) is 0. The van der Waals surface area contributed by atoms with E-state index >= 15 is 0 Å². The van der Waals surface area contributed by atoms with Gasteiger partial charge in [-0.25, -0.2) is 8.78 Å². The fourth-order valence-corrected chi connectivity index (χ4v) is 2.89. The maximum absolute atomic E-state index is 12.6. The molecule has 9 heteroatoms. The number of hydrogen-bond donors (Lipinski definition) is 2. The Morgan fingerprint density at radius 2 is 2.00 bits per heavy atom. The Morgan fingerprint density at radius 1 is 1.26 bits per heavy atom. The Kier molecular flexibility index (Phi) is 5.57. The highest BCUT2D eigenvalue weighted by Gasteiger charge is 2.33. The first kappa shape index (κ1) is 18.7. The summed E-state index contributed by atoms with van der Waals surface area (Å²) in [5.74, 6) is 0.198. The standard InChI is InChI=1S/C18H17F2N5O2/c19-18(20)12-3-1-11(2-4-12)7-17(27)22-14-9-25(10-15(14)26)16-6-5-13(8-21)23-24-16/h1-6,14-15,18,26H,7,9-10H2,(H,22,27)/t14-,15-/m0/s1. The lowest BCUT2D eigenvalue weighted by Gasteiger charge is -2.17. The Bertz CT molecular complexity index is 836. The summed E-state index contributed by atoms with van der Waals surface area (Å²) >= 11 is 0. The molecule has 0 saturated carbocycles. The molecule has 1 amide bonds. The maximum Gasteiger partial charge on any atom is 0.263 e. The molecule has 2 N–H and O–H groups in total. The van der Waals surface area contributed by atoms with Crippen LogP contribution in [0.15, 0.2) is 36.4 Å². The van der Waals surface area contributed by atoms with Gasteiger partial charge >= 0.3 is 0 Å². The number of rotatable bonds is 5. The summed E-state index contributed by atoms with van der Waals surface area (Å²) in [5.41, 5.74) is 0.713. The number of alkyl halides is 2. The highest BCUT2D eigenvalue weighted by molar-refractivity contribution is 5.79. The monoisotopic (exact) mass is 373 g/mol. The van der Waals surface area contributed by atoms with Crippen LogP contribution < -0.4 is 10.2 Å². The maximum atomic E-state index is 12.6. The summed E-state index contributed by atoms with van der Waals surface area (Å²) in [6.07, 6.45) is -3.30. The van der Waals surface area contributed by atoms with Gasteiger partial charge in [-0.2, -0.15) is 5.26 Å². The Labute approximate surface area is 154 Å². The van der Waals surface area contributed by atoms with Crippen LogP contribution in [0.2, 0.25) is 0 Å². The van der Waals surface area contributed by atoms with Crippen LogP contribution in [-0.2, 0) is 11.2 Å². The van der Waals surface area contributed by atoms with Gasteiger partial charge in [-0.15, -0.1) is 10.2 Å². The highest BCUT2D eigenvalue weighted by atomic mass is 19.3. The molecule has 1 aromatic carbocycles. The van der Waals surface area contributed by atoms with Gasteiger partial charge in [0.25, 0.3) is 6.43 Å². The molecule has 0 radical (unpaired) electrons. The Hall–Kier alpha value is -3.12. The minimum absolute atomic E-state index is 0.0312. The number of hydrogen-bond acceptors (Lipinski definition) is 6. The van der Waals surface area contributed by atoms with Gasteiger partial charge in [0.05, 0.1) is 18.6 Å². The molecule has 2 aromatic rings. The zero-order valence-electron chi connectivity index (χ0n) is 14.2. The Balaban J connectivity index is 1.56. The van der Waals surface area contributed by atoms with Crippen molar-refractivity contribution in [2.75, 3.05) is 18.0 Å². The molecule has 1 aliphatic rings. The summed E-state index contributed by atoms with van der Waals surface area (Å²) in [6, 6.07) is 10.1. The molecule has 27 heavy (non-hydrogen) atoms. The molecule has 3 rings (SSSR count). The van der Waals surface area contributed by atoms with Crippen molar-refractivity contribution in [2.24, 2.45) is 0 Å². The molecule has 0 bridgehead atoms. The van der Waals surface area contributed by atoms with E-state index < -0.39 is 18.6 Å². The topological polar surface area (TPSA) is 102 Å². The normalized spacial score (nSPS) is 19.1. The number of amides is 1. The zero-order valence-corrected chi connectivity index (χ0v) is 14.2. The fourth-order valence-electron chi connectivity index (χ4n) is 2.89. The molecular weight excluding hydrogens is 356 g/mol. The molecule has 2 atom stereocenters. The van der Waals surface area contributed by atoms with E-state index in [1.165, 1.54) is 30.3 Å². The predicted molar refractivity (Wildman–Crippen MR) is 92.0 cm³/mol. The van der Waals surface area contributed by atoms with Crippen LogP contribution >= 0.6 is 0 Å². The highest BCUT2D eigenvalue weighted by Crippen LogP contribution is 2.20. The van der Waals surface area contributed by atoms with Crippen LogP contribution in [0.3, 0.4) is 0 Å². The molecule has 2 heterocycles. The van der Waals surface area contributed by atoms with Crippen molar-refractivity contribution < 1.29 is 18.7 Å². The first-order valence-corrected chi connectivity index (χ1v) is 8.29. The summed E-state index contributed by atoms with van der Waals surface area (Å²) in [4.78, 5) is 14.0. The first-order valence-electron chi connectivity index (χ1n) is 8.29. The fraction of sp³-hybridized carbons (Fsp3) is 0.333. The van der Waals surface area contributed by atoms with Crippen molar-refractivity contribution in [1.29, 1.82) is 5.26 Å². The van der Waals surface area contributed by atoms with Crippen LogP contribution in [-0.4, -0.2) is 46.4 Å². The third-order valence-electron chi connectivity index (χ3n) is 4.32. The van der Waals surface area contributed by atoms with Crippen molar-refractivity contribution >= 4 is 11.7 Å². The second-order valence-corrected chi connectivity index (χ2v) is 6.25.